The first-order valence-corrected chi connectivity index (χ1v) is 9.15. The molecule has 1 saturated heterocycles. The van der Waals surface area contributed by atoms with Crippen molar-refractivity contribution in [2.75, 3.05) is 13.7 Å². The minimum atomic E-state index is -1.01. The monoisotopic (exact) mass is 373 g/mol. The lowest BCUT2D eigenvalue weighted by Crippen LogP contribution is -2.38. The number of amides is 2. The molecule has 144 valence electrons. The van der Waals surface area contributed by atoms with Gasteiger partial charge in [0.25, 0.3) is 0 Å². The predicted molar refractivity (Wildman–Crippen MR) is 95.0 cm³/mol. The maximum atomic E-state index is 12.4. The molecule has 2 amide bonds. The summed E-state index contributed by atoms with van der Waals surface area (Å²) in [6, 6.07) is 6.46. The van der Waals surface area contributed by atoms with Gasteiger partial charge in [0.1, 0.15) is 12.3 Å². The maximum Gasteiger partial charge on any atom is 0.326 e. The predicted octanol–water partition coefficient (Wildman–Crippen LogP) is 1.98. The molecule has 1 saturated carbocycles. The van der Waals surface area contributed by atoms with Crippen molar-refractivity contribution in [1.82, 2.24) is 4.90 Å². The Morgan fingerprint density at radius 3 is 2.15 bits per heavy atom. The molecule has 3 atom stereocenters. The SMILES string of the molecule is COc1ccc(C(=O)[C@H](C)OC(=O)CN2C(=O)[C@H]3CCCC[C@@H]3C2=O)cc1. The van der Waals surface area contributed by atoms with Crippen LogP contribution in [0.3, 0.4) is 0 Å². The normalized spacial score (nSPS) is 23.0. The van der Waals surface area contributed by atoms with Gasteiger partial charge in [0, 0.05) is 5.56 Å². The number of esters is 1. The van der Waals surface area contributed by atoms with Gasteiger partial charge in [-0.15, -0.1) is 0 Å². The van der Waals surface area contributed by atoms with E-state index in [-0.39, 0.29) is 29.4 Å². The summed E-state index contributed by atoms with van der Waals surface area (Å²) in [5, 5.41) is 0. The van der Waals surface area contributed by atoms with Crippen LogP contribution in [0.4, 0.5) is 0 Å². The van der Waals surface area contributed by atoms with Crippen molar-refractivity contribution in [3.8, 4) is 5.75 Å². The van der Waals surface area contributed by atoms with Gasteiger partial charge in [0.05, 0.1) is 18.9 Å². The van der Waals surface area contributed by atoms with Crippen LogP contribution in [-0.4, -0.2) is 48.2 Å². The van der Waals surface area contributed by atoms with Gasteiger partial charge >= 0.3 is 5.97 Å². The lowest BCUT2D eigenvalue weighted by molar-refractivity contribution is -0.154. The molecule has 3 rings (SSSR count). The van der Waals surface area contributed by atoms with Crippen LogP contribution < -0.4 is 4.74 Å². The van der Waals surface area contributed by atoms with Gasteiger partial charge in [0.15, 0.2) is 6.10 Å². The molecule has 27 heavy (non-hydrogen) atoms. The van der Waals surface area contributed by atoms with Crippen LogP contribution in [0.25, 0.3) is 0 Å². The number of fused-ring (bicyclic) bond motifs is 1. The first-order valence-electron chi connectivity index (χ1n) is 9.15. The fourth-order valence-corrected chi connectivity index (χ4v) is 3.79. The highest BCUT2D eigenvalue weighted by Crippen LogP contribution is 2.37. The van der Waals surface area contributed by atoms with Crippen molar-refractivity contribution >= 4 is 23.6 Å². The highest BCUT2D eigenvalue weighted by molar-refractivity contribution is 6.07. The minimum Gasteiger partial charge on any atom is -0.497 e. The number of hydrogen-bond acceptors (Lipinski definition) is 6. The van der Waals surface area contributed by atoms with Crippen LogP contribution in [0.2, 0.25) is 0 Å². The fourth-order valence-electron chi connectivity index (χ4n) is 3.79. The molecular formula is C20H23NO6. The van der Waals surface area contributed by atoms with Gasteiger partial charge in [-0.05, 0) is 44.0 Å². The zero-order valence-corrected chi connectivity index (χ0v) is 15.5. The third kappa shape index (κ3) is 3.86. The third-order valence-electron chi connectivity index (χ3n) is 5.27. The molecule has 1 heterocycles. The number of ether oxygens (including phenoxy) is 2. The number of carbonyl (C=O) groups excluding carboxylic acids is 4. The number of likely N-dealkylation sites (tertiary alicyclic amines) is 1. The summed E-state index contributed by atoms with van der Waals surface area (Å²) in [4.78, 5) is 50.4. The Bertz CT molecular complexity index is 732. The van der Waals surface area contributed by atoms with Crippen molar-refractivity contribution in [2.24, 2.45) is 11.8 Å². The Morgan fingerprint density at radius 2 is 1.63 bits per heavy atom. The molecule has 0 radical (unpaired) electrons. The number of methoxy groups -OCH3 is 1. The van der Waals surface area contributed by atoms with Gasteiger partial charge in [-0.25, -0.2) is 0 Å². The first kappa shape index (κ1) is 19.1. The fraction of sp³-hybridized carbons (Fsp3) is 0.500. The molecule has 2 aliphatic rings. The van der Waals surface area contributed by atoms with Crippen LogP contribution in [0.5, 0.6) is 5.75 Å². The van der Waals surface area contributed by atoms with Crippen LogP contribution in [-0.2, 0) is 19.1 Å². The van der Waals surface area contributed by atoms with E-state index < -0.39 is 18.6 Å². The second-order valence-corrected chi connectivity index (χ2v) is 6.98. The highest BCUT2D eigenvalue weighted by Gasteiger charge is 2.48. The number of carbonyl (C=O) groups is 4. The van der Waals surface area contributed by atoms with Gasteiger partial charge in [-0.2, -0.15) is 0 Å². The van der Waals surface area contributed by atoms with Crippen molar-refractivity contribution in [2.45, 2.75) is 38.7 Å². The molecule has 7 heteroatoms. The summed E-state index contributed by atoms with van der Waals surface area (Å²) in [7, 11) is 1.53. The van der Waals surface area contributed by atoms with Gasteiger partial charge in [-0.3, -0.25) is 24.1 Å². The van der Waals surface area contributed by atoms with Crippen molar-refractivity contribution < 1.29 is 28.7 Å². The number of ketones is 1. The standard InChI is InChI=1S/C20H23NO6/c1-12(18(23)13-7-9-14(26-2)10-8-13)27-17(22)11-21-19(24)15-5-3-4-6-16(15)20(21)25/h7-10,12,15-16H,3-6,11H2,1-2H3/t12-,15-,16-/m0/s1. The Labute approximate surface area is 157 Å². The lowest BCUT2D eigenvalue weighted by atomic mass is 9.81. The second kappa shape index (κ2) is 7.90. The van der Waals surface area contributed by atoms with Crippen LogP contribution in [0, 0.1) is 11.8 Å². The van der Waals surface area contributed by atoms with E-state index in [1.54, 1.807) is 24.3 Å². The Hall–Kier alpha value is -2.70. The van der Waals surface area contributed by atoms with E-state index in [4.69, 9.17) is 9.47 Å². The number of rotatable bonds is 6. The van der Waals surface area contributed by atoms with E-state index in [0.717, 1.165) is 17.7 Å². The molecule has 1 aliphatic heterocycles. The van der Waals surface area contributed by atoms with E-state index in [9.17, 15) is 19.2 Å². The molecule has 0 spiro atoms. The third-order valence-corrected chi connectivity index (χ3v) is 5.27. The summed E-state index contributed by atoms with van der Waals surface area (Å²) in [5.41, 5.74) is 0.385. The van der Waals surface area contributed by atoms with Crippen LogP contribution in [0.15, 0.2) is 24.3 Å². The topological polar surface area (TPSA) is 90.0 Å². The van der Waals surface area contributed by atoms with Crippen LogP contribution in [0.1, 0.15) is 43.0 Å². The van der Waals surface area contributed by atoms with Crippen molar-refractivity contribution in [3.63, 3.8) is 0 Å². The van der Waals surface area contributed by atoms with E-state index in [1.807, 2.05) is 0 Å². The number of hydrogen-bond donors (Lipinski definition) is 0. The molecule has 7 nitrogen and oxygen atoms in total. The smallest absolute Gasteiger partial charge is 0.326 e. The quantitative estimate of drug-likeness (QED) is 0.430. The van der Waals surface area contributed by atoms with Crippen LogP contribution >= 0.6 is 0 Å². The number of Topliss-reactive ketones (excluding diaryl/α,β-unsaturated/α-hetero) is 1. The molecule has 1 aromatic carbocycles. The maximum absolute atomic E-state index is 12.4. The van der Waals surface area contributed by atoms with E-state index in [1.165, 1.54) is 14.0 Å². The number of benzene rings is 1. The van der Waals surface area contributed by atoms with Gasteiger partial charge in [0.2, 0.25) is 17.6 Å². The summed E-state index contributed by atoms with van der Waals surface area (Å²) < 4.78 is 10.2. The molecule has 1 aliphatic carbocycles. The Kier molecular flexibility index (Phi) is 5.58. The summed E-state index contributed by atoms with van der Waals surface area (Å²) in [5.74, 6) is -1.71. The molecule has 0 N–H and O–H groups in total. The highest BCUT2D eigenvalue weighted by atomic mass is 16.5. The zero-order valence-electron chi connectivity index (χ0n) is 15.5. The number of imide groups is 1. The first-order chi connectivity index (χ1) is 12.9. The van der Waals surface area contributed by atoms with Crippen molar-refractivity contribution in [1.29, 1.82) is 0 Å². The molecule has 0 aromatic heterocycles. The molecular weight excluding hydrogens is 350 g/mol. The van der Waals surface area contributed by atoms with E-state index >= 15 is 0 Å². The van der Waals surface area contributed by atoms with Crippen molar-refractivity contribution in [3.05, 3.63) is 29.8 Å². The van der Waals surface area contributed by atoms with E-state index in [0.29, 0.717) is 24.2 Å². The average Bonchev–Trinajstić information content (AvgIpc) is 2.92. The van der Waals surface area contributed by atoms with Gasteiger partial charge < -0.3 is 9.47 Å². The minimum absolute atomic E-state index is 0.296. The summed E-state index contributed by atoms with van der Waals surface area (Å²) in [6.07, 6.45) is 2.21. The Morgan fingerprint density at radius 1 is 1.07 bits per heavy atom. The Balaban J connectivity index is 1.59. The number of nitrogens with zero attached hydrogens (tertiary/aromatic N) is 1. The molecule has 1 aromatic rings. The largest absolute Gasteiger partial charge is 0.497 e. The zero-order chi connectivity index (χ0) is 19.6. The lowest BCUT2D eigenvalue weighted by Gasteiger charge is -2.19. The average molecular weight is 373 g/mol. The molecule has 0 bridgehead atoms. The van der Waals surface area contributed by atoms with E-state index in [2.05, 4.69) is 0 Å². The van der Waals surface area contributed by atoms with Gasteiger partial charge in [-0.1, -0.05) is 12.8 Å². The molecule has 0 unspecified atom stereocenters. The second-order valence-electron chi connectivity index (χ2n) is 6.98. The summed E-state index contributed by atoms with van der Waals surface area (Å²) >= 11 is 0. The molecule has 2 fully saturated rings. The summed E-state index contributed by atoms with van der Waals surface area (Å²) in [6.45, 7) is 1.03.